The molecule has 0 aromatic rings. The predicted octanol–water partition coefficient (Wildman–Crippen LogP) is 5.67. The van der Waals surface area contributed by atoms with Crippen LogP contribution in [0.25, 0.3) is 0 Å². The van der Waals surface area contributed by atoms with Crippen LogP contribution in [0.2, 0.25) is 0 Å². The van der Waals surface area contributed by atoms with Crippen molar-refractivity contribution in [2.75, 3.05) is 0 Å². The lowest BCUT2D eigenvalue weighted by atomic mass is 9.92. The average Bonchev–Trinajstić information content (AvgIpc) is 2.65. The number of fused-ring (bicyclic) bond motifs is 1. The van der Waals surface area contributed by atoms with Gasteiger partial charge in [0, 0.05) is 8.41 Å². The summed E-state index contributed by atoms with van der Waals surface area (Å²) in [6.07, 6.45) is 12.3. The van der Waals surface area contributed by atoms with E-state index in [1.807, 2.05) is 27.7 Å². The summed E-state index contributed by atoms with van der Waals surface area (Å²) in [5, 5.41) is 0. The van der Waals surface area contributed by atoms with Crippen LogP contribution < -0.4 is 0 Å². The molecule has 0 aromatic heterocycles. The average molecular weight is 237 g/mol. The Labute approximate surface area is 113 Å². The molecule has 2 atom stereocenters. The van der Waals surface area contributed by atoms with E-state index in [1.54, 1.807) is 25.7 Å². The zero-order valence-electron chi connectivity index (χ0n) is 13.0. The van der Waals surface area contributed by atoms with Crippen molar-refractivity contribution in [3.63, 3.8) is 0 Å². The van der Waals surface area contributed by atoms with Gasteiger partial charge in [0.1, 0.15) is 0 Å². The summed E-state index contributed by atoms with van der Waals surface area (Å²) in [4.78, 5) is 0. The van der Waals surface area contributed by atoms with Crippen molar-refractivity contribution in [1.29, 1.82) is 0 Å². The highest BCUT2D eigenvalue weighted by Gasteiger charge is 2.33. The smallest absolute Gasteiger partial charge is 0 e. The van der Waals surface area contributed by atoms with E-state index in [0.717, 1.165) is 17.8 Å². The highest BCUT2D eigenvalue weighted by Crippen LogP contribution is 2.44. The Bertz CT molecular complexity index is 130. The molecule has 2 aliphatic rings. The van der Waals surface area contributed by atoms with Crippen molar-refractivity contribution in [1.82, 2.24) is 0 Å². The molecule has 0 unspecified atom stereocenters. The Hall–Kier alpha value is 0.0649. The SMILES string of the molecule is CC.CC.CCC1C[C@@H]2CCCCC[C@H]2C1.[B]. The molecule has 0 aromatic carbocycles. The Kier molecular flexibility index (Phi) is 14.3. The quantitative estimate of drug-likeness (QED) is 0.515. The maximum absolute atomic E-state index is 2.37. The van der Waals surface area contributed by atoms with Gasteiger partial charge in [-0.15, -0.1) is 0 Å². The highest BCUT2D eigenvalue weighted by atomic mass is 14.4. The first-order valence-electron chi connectivity index (χ1n) is 7.90. The van der Waals surface area contributed by atoms with Gasteiger partial charge in [-0.1, -0.05) is 73.1 Å². The van der Waals surface area contributed by atoms with Crippen LogP contribution in [0, 0.1) is 17.8 Å². The summed E-state index contributed by atoms with van der Waals surface area (Å²) < 4.78 is 0. The van der Waals surface area contributed by atoms with Crippen LogP contribution in [0.3, 0.4) is 0 Å². The van der Waals surface area contributed by atoms with Crippen LogP contribution in [0.4, 0.5) is 0 Å². The van der Waals surface area contributed by atoms with Gasteiger partial charge in [0.15, 0.2) is 0 Å². The summed E-state index contributed by atoms with van der Waals surface area (Å²) in [5.41, 5.74) is 0. The highest BCUT2D eigenvalue weighted by molar-refractivity contribution is 5.75. The van der Waals surface area contributed by atoms with Gasteiger partial charge < -0.3 is 0 Å². The van der Waals surface area contributed by atoms with E-state index in [1.165, 1.54) is 25.7 Å². The Balaban J connectivity index is 0. The molecule has 0 heterocycles. The van der Waals surface area contributed by atoms with Gasteiger partial charge in [-0.25, -0.2) is 0 Å². The van der Waals surface area contributed by atoms with Crippen molar-refractivity contribution in [3.8, 4) is 0 Å². The van der Waals surface area contributed by atoms with Gasteiger partial charge in [-0.3, -0.25) is 0 Å². The first kappa shape index (κ1) is 19.4. The lowest BCUT2D eigenvalue weighted by Crippen LogP contribution is -2.04. The van der Waals surface area contributed by atoms with Gasteiger partial charge in [0.25, 0.3) is 0 Å². The fraction of sp³-hybridized carbons (Fsp3) is 1.00. The first-order chi connectivity index (χ1) is 7.90. The third-order valence-corrected chi connectivity index (χ3v) is 4.17. The standard InChI is InChI=1S/C12H22.2C2H6.B/c1-2-10-8-11-6-4-3-5-7-12(11)9-10;2*1-2;/h10-12H,2-9H2,1H3;2*1-2H3;/t11-,12-;;;/m0.../s1. The first-order valence-corrected chi connectivity index (χ1v) is 7.90. The molecule has 101 valence electrons. The maximum atomic E-state index is 2.37. The Morgan fingerprint density at radius 2 is 1.18 bits per heavy atom. The van der Waals surface area contributed by atoms with Crippen LogP contribution >= 0.6 is 0 Å². The van der Waals surface area contributed by atoms with Crippen molar-refractivity contribution >= 4 is 8.41 Å². The largest absolute Gasteiger partial charge is 0.0683 e. The minimum Gasteiger partial charge on any atom is -0.0683 e. The van der Waals surface area contributed by atoms with Crippen molar-refractivity contribution < 1.29 is 0 Å². The van der Waals surface area contributed by atoms with E-state index in [-0.39, 0.29) is 8.41 Å². The Morgan fingerprint density at radius 3 is 1.53 bits per heavy atom. The number of rotatable bonds is 1. The zero-order chi connectivity index (χ0) is 12.4. The molecule has 0 nitrogen and oxygen atoms in total. The van der Waals surface area contributed by atoms with E-state index in [2.05, 4.69) is 6.92 Å². The molecule has 17 heavy (non-hydrogen) atoms. The monoisotopic (exact) mass is 237 g/mol. The topological polar surface area (TPSA) is 0 Å². The summed E-state index contributed by atoms with van der Waals surface area (Å²) in [7, 11) is 0. The molecule has 1 heteroatoms. The van der Waals surface area contributed by atoms with E-state index in [9.17, 15) is 0 Å². The van der Waals surface area contributed by atoms with E-state index < -0.39 is 0 Å². The van der Waals surface area contributed by atoms with Gasteiger partial charge in [0.05, 0.1) is 0 Å². The molecule has 0 N–H and O–H groups in total. The van der Waals surface area contributed by atoms with Gasteiger partial charge in [0.2, 0.25) is 0 Å². The van der Waals surface area contributed by atoms with Crippen LogP contribution in [0.1, 0.15) is 86.0 Å². The summed E-state index contributed by atoms with van der Waals surface area (Å²) >= 11 is 0. The van der Waals surface area contributed by atoms with Crippen LogP contribution in [-0.4, -0.2) is 8.41 Å². The molecule has 3 radical (unpaired) electrons. The van der Waals surface area contributed by atoms with Crippen molar-refractivity contribution in [3.05, 3.63) is 0 Å². The summed E-state index contributed by atoms with van der Waals surface area (Å²) in [6.45, 7) is 10.4. The van der Waals surface area contributed by atoms with E-state index in [4.69, 9.17) is 0 Å². The van der Waals surface area contributed by atoms with Crippen LogP contribution in [-0.2, 0) is 0 Å². The predicted molar refractivity (Wildman–Crippen MR) is 81.5 cm³/mol. The molecular weight excluding hydrogens is 203 g/mol. The van der Waals surface area contributed by atoms with Gasteiger partial charge >= 0.3 is 0 Å². The molecule has 2 fully saturated rings. The maximum Gasteiger partial charge on any atom is 0 e. The fourth-order valence-corrected chi connectivity index (χ4v) is 3.37. The van der Waals surface area contributed by atoms with Crippen molar-refractivity contribution in [2.45, 2.75) is 86.0 Å². The van der Waals surface area contributed by atoms with E-state index >= 15 is 0 Å². The third-order valence-electron chi connectivity index (χ3n) is 4.17. The fourth-order valence-electron chi connectivity index (χ4n) is 3.37. The molecule has 0 spiro atoms. The van der Waals surface area contributed by atoms with Gasteiger partial charge in [-0.2, -0.15) is 0 Å². The molecule has 0 bridgehead atoms. The third kappa shape index (κ3) is 6.53. The van der Waals surface area contributed by atoms with E-state index in [0.29, 0.717) is 0 Å². The molecule has 0 saturated heterocycles. The minimum absolute atomic E-state index is 0. The molecule has 0 amide bonds. The second-order valence-corrected chi connectivity index (χ2v) is 4.90. The van der Waals surface area contributed by atoms with Crippen LogP contribution in [0.15, 0.2) is 0 Å². The normalized spacial score (nSPS) is 27.4. The number of hydrogen-bond donors (Lipinski definition) is 0. The number of hydrogen-bond acceptors (Lipinski definition) is 0. The molecule has 2 aliphatic carbocycles. The molecule has 2 rings (SSSR count). The molecule has 2 saturated carbocycles. The summed E-state index contributed by atoms with van der Waals surface area (Å²) in [5.74, 6) is 3.37. The van der Waals surface area contributed by atoms with Gasteiger partial charge in [-0.05, 0) is 30.6 Å². The lowest BCUT2D eigenvalue weighted by Gasteiger charge is -2.14. The van der Waals surface area contributed by atoms with Crippen molar-refractivity contribution in [2.24, 2.45) is 17.8 Å². The van der Waals surface area contributed by atoms with Crippen LogP contribution in [0.5, 0.6) is 0 Å². The Morgan fingerprint density at radius 1 is 0.765 bits per heavy atom. The second kappa shape index (κ2) is 12.5. The lowest BCUT2D eigenvalue weighted by molar-refractivity contribution is 0.367. The zero-order valence-corrected chi connectivity index (χ0v) is 13.0. The summed E-state index contributed by atoms with van der Waals surface area (Å²) in [6, 6.07) is 0. The second-order valence-electron chi connectivity index (χ2n) is 4.90. The molecule has 0 aliphatic heterocycles. The minimum atomic E-state index is 0. The molecular formula is C16H34B.